The highest BCUT2D eigenvalue weighted by atomic mass is 32.1. The van der Waals surface area contributed by atoms with Gasteiger partial charge in [0.05, 0.1) is 17.1 Å². The van der Waals surface area contributed by atoms with E-state index < -0.39 is 0 Å². The topological polar surface area (TPSA) is 58.4 Å². The number of likely N-dealkylation sites (N-methyl/N-ethyl adjacent to an activating group) is 1. The van der Waals surface area contributed by atoms with Crippen LogP contribution in [0.4, 0.5) is 5.69 Å². The van der Waals surface area contributed by atoms with E-state index in [0.29, 0.717) is 13.1 Å². The summed E-state index contributed by atoms with van der Waals surface area (Å²) < 4.78 is 5.37. The molecule has 1 N–H and O–H groups in total. The molecule has 0 unspecified atom stereocenters. The third-order valence-electron chi connectivity index (χ3n) is 3.84. The summed E-state index contributed by atoms with van der Waals surface area (Å²) in [5.74, 6) is 0.727. The van der Waals surface area contributed by atoms with Crippen molar-refractivity contribution in [2.45, 2.75) is 19.9 Å². The van der Waals surface area contributed by atoms with Crippen molar-refractivity contribution in [2.75, 3.05) is 18.9 Å². The Morgan fingerprint density at radius 3 is 2.88 bits per heavy atom. The number of nitrogens with zero attached hydrogens (tertiary/aromatic N) is 2. The van der Waals surface area contributed by atoms with Gasteiger partial charge in [-0.1, -0.05) is 36.3 Å². The number of carbonyl (C=O) groups excluding carboxylic acids is 1. The van der Waals surface area contributed by atoms with Crippen molar-refractivity contribution in [3.63, 3.8) is 0 Å². The number of hydrogen-bond acceptors (Lipinski definition) is 5. The first-order valence-electron chi connectivity index (χ1n) is 8.21. The molecule has 5 nitrogen and oxygen atoms in total. The normalized spacial score (nSPS) is 11.0. The molecule has 3 rings (SSSR count). The lowest BCUT2D eigenvalue weighted by atomic mass is 10.1. The zero-order valence-electron chi connectivity index (χ0n) is 14.4. The lowest BCUT2D eigenvalue weighted by molar-refractivity contribution is -0.117. The molecular formula is C19H21N3O2S. The average Bonchev–Trinajstić information content (AvgIpc) is 3.26. The molecule has 0 fully saturated rings. The van der Waals surface area contributed by atoms with Crippen molar-refractivity contribution >= 4 is 22.9 Å². The number of anilines is 1. The summed E-state index contributed by atoms with van der Waals surface area (Å²) in [5.41, 5.74) is 2.83. The van der Waals surface area contributed by atoms with Gasteiger partial charge in [0, 0.05) is 18.3 Å². The molecule has 3 aromatic rings. The second-order valence-corrected chi connectivity index (χ2v) is 6.84. The van der Waals surface area contributed by atoms with Gasteiger partial charge >= 0.3 is 0 Å². The Kier molecular flexibility index (Phi) is 5.63. The number of nitrogens with one attached hydrogen (secondary N) is 1. The number of benzene rings is 1. The van der Waals surface area contributed by atoms with Crippen LogP contribution in [-0.4, -0.2) is 29.6 Å². The first-order chi connectivity index (χ1) is 12.2. The zero-order chi connectivity index (χ0) is 17.6. The summed E-state index contributed by atoms with van der Waals surface area (Å²) in [5, 5.41) is 9.07. The molecule has 0 aliphatic rings. The summed E-state index contributed by atoms with van der Waals surface area (Å²) in [7, 11) is 1.89. The molecule has 0 spiro atoms. The average molecular weight is 355 g/mol. The van der Waals surface area contributed by atoms with Gasteiger partial charge in [0.1, 0.15) is 0 Å². The Morgan fingerprint density at radius 2 is 2.12 bits per heavy atom. The van der Waals surface area contributed by atoms with Gasteiger partial charge < -0.3 is 9.84 Å². The number of rotatable bonds is 7. The molecule has 0 bridgehead atoms. The van der Waals surface area contributed by atoms with Crippen molar-refractivity contribution < 1.29 is 9.32 Å². The number of para-hydroxylation sites is 1. The SMILES string of the molecule is CCc1ccccc1NC(=O)CN(C)Cc1cc(-c2cccs2)on1. The molecule has 0 saturated carbocycles. The summed E-state index contributed by atoms with van der Waals surface area (Å²) >= 11 is 1.61. The molecule has 0 aliphatic carbocycles. The van der Waals surface area contributed by atoms with Crippen LogP contribution >= 0.6 is 11.3 Å². The number of hydrogen-bond donors (Lipinski definition) is 1. The maximum Gasteiger partial charge on any atom is 0.238 e. The molecule has 1 aromatic carbocycles. The first-order valence-corrected chi connectivity index (χ1v) is 9.09. The van der Waals surface area contributed by atoms with E-state index in [1.807, 2.05) is 59.8 Å². The molecule has 1 amide bonds. The lowest BCUT2D eigenvalue weighted by Gasteiger charge is -2.15. The second-order valence-electron chi connectivity index (χ2n) is 5.89. The van der Waals surface area contributed by atoms with Gasteiger partial charge in [-0.2, -0.15) is 0 Å². The summed E-state index contributed by atoms with van der Waals surface area (Å²) in [6.07, 6.45) is 0.886. The van der Waals surface area contributed by atoms with Crippen molar-refractivity contribution in [1.29, 1.82) is 0 Å². The van der Waals surface area contributed by atoms with E-state index in [9.17, 15) is 4.79 Å². The largest absolute Gasteiger partial charge is 0.355 e. The van der Waals surface area contributed by atoms with Gasteiger partial charge in [-0.05, 0) is 36.5 Å². The van der Waals surface area contributed by atoms with Crippen LogP contribution in [0.5, 0.6) is 0 Å². The lowest BCUT2D eigenvalue weighted by Crippen LogP contribution is -2.30. The van der Waals surface area contributed by atoms with Crippen LogP contribution in [0.15, 0.2) is 52.4 Å². The second kappa shape index (κ2) is 8.09. The minimum absolute atomic E-state index is 0.0367. The fourth-order valence-corrected chi connectivity index (χ4v) is 3.31. The smallest absolute Gasteiger partial charge is 0.238 e. The zero-order valence-corrected chi connectivity index (χ0v) is 15.2. The molecule has 130 valence electrons. The first kappa shape index (κ1) is 17.4. The highest BCUT2D eigenvalue weighted by molar-refractivity contribution is 7.13. The van der Waals surface area contributed by atoms with E-state index in [1.54, 1.807) is 11.3 Å². The van der Waals surface area contributed by atoms with Crippen LogP contribution in [0.2, 0.25) is 0 Å². The fraction of sp³-hybridized carbons (Fsp3) is 0.263. The third kappa shape index (κ3) is 4.55. The monoisotopic (exact) mass is 355 g/mol. The van der Waals surface area contributed by atoms with Crippen LogP contribution in [0.25, 0.3) is 10.6 Å². The van der Waals surface area contributed by atoms with Crippen molar-refractivity contribution in [1.82, 2.24) is 10.1 Å². The summed E-state index contributed by atoms with van der Waals surface area (Å²) in [6.45, 7) is 2.92. The predicted octanol–water partition coefficient (Wildman–Crippen LogP) is 4.04. The van der Waals surface area contributed by atoms with E-state index in [-0.39, 0.29) is 5.91 Å². The van der Waals surface area contributed by atoms with E-state index in [1.165, 1.54) is 0 Å². The molecule has 0 aliphatic heterocycles. The Balaban J connectivity index is 1.55. The van der Waals surface area contributed by atoms with Gasteiger partial charge in [-0.3, -0.25) is 9.69 Å². The number of aryl methyl sites for hydroxylation is 1. The third-order valence-corrected chi connectivity index (χ3v) is 4.73. The predicted molar refractivity (Wildman–Crippen MR) is 101 cm³/mol. The minimum atomic E-state index is -0.0367. The van der Waals surface area contributed by atoms with Crippen molar-refractivity contribution in [2.24, 2.45) is 0 Å². The minimum Gasteiger partial charge on any atom is -0.355 e. The van der Waals surface area contributed by atoms with E-state index in [2.05, 4.69) is 17.4 Å². The summed E-state index contributed by atoms with van der Waals surface area (Å²) in [6, 6.07) is 13.8. The van der Waals surface area contributed by atoms with E-state index in [4.69, 9.17) is 4.52 Å². The molecule has 25 heavy (non-hydrogen) atoms. The van der Waals surface area contributed by atoms with E-state index in [0.717, 1.165) is 34.0 Å². The fourth-order valence-electron chi connectivity index (χ4n) is 2.64. The molecule has 2 aromatic heterocycles. The van der Waals surface area contributed by atoms with Crippen LogP contribution in [0.3, 0.4) is 0 Å². The molecule has 0 radical (unpaired) electrons. The maximum absolute atomic E-state index is 12.3. The Hall–Kier alpha value is -2.44. The summed E-state index contributed by atoms with van der Waals surface area (Å²) in [4.78, 5) is 15.2. The van der Waals surface area contributed by atoms with Crippen LogP contribution in [-0.2, 0) is 17.8 Å². The molecule has 2 heterocycles. The van der Waals surface area contributed by atoms with Crippen LogP contribution in [0, 0.1) is 0 Å². The van der Waals surface area contributed by atoms with Crippen LogP contribution in [0.1, 0.15) is 18.2 Å². The molecule has 0 atom stereocenters. The van der Waals surface area contributed by atoms with Crippen molar-refractivity contribution in [3.05, 3.63) is 59.1 Å². The number of aromatic nitrogens is 1. The van der Waals surface area contributed by atoms with Gasteiger partial charge in [0.2, 0.25) is 5.91 Å². The van der Waals surface area contributed by atoms with Gasteiger partial charge in [0.15, 0.2) is 5.76 Å². The van der Waals surface area contributed by atoms with Gasteiger partial charge in [-0.15, -0.1) is 11.3 Å². The Morgan fingerprint density at radius 1 is 1.28 bits per heavy atom. The molecule has 6 heteroatoms. The Labute approximate surface area is 151 Å². The van der Waals surface area contributed by atoms with Crippen molar-refractivity contribution in [3.8, 4) is 10.6 Å². The highest BCUT2D eigenvalue weighted by Crippen LogP contribution is 2.25. The standard InChI is InChI=1S/C19H21N3O2S/c1-3-14-7-4-5-8-16(14)20-19(23)13-22(2)12-15-11-17(24-21-15)18-9-6-10-25-18/h4-11H,3,12-13H2,1-2H3,(H,20,23). The number of amides is 1. The van der Waals surface area contributed by atoms with Gasteiger partial charge in [-0.25, -0.2) is 0 Å². The molecule has 0 saturated heterocycles. The highest BCUT2D eigenvalue weighted by Gasteiger charge is 2.13. The number of carbonyl (C=O) groups is 1. The number of thiophene rings is 1. The van der Waals surface area contributed by atoms with E-state index >= 15 is 0 Å². The maximum atomic E-state index is 12.3. The molecular weight excluding hydrogens is 334 g/mol. The quantitative estimate of drug-likeness (QED) is 0.695. The Bertz CT molecular complexity index is 827. The van der Waals surface area contributed by atoms with Gasteiger partial charge in [0.25, 0.3) is 0 Å². The van der Waals surface area contributed by atoms with Crippen LogP contribution < -0.4 is 5.32 Å².